The van der Waals surface area contributed by atoms with Crippen LogP contribution in [0.3, 0.4) is 0 Å². The van der Waals surface area contributed by atoms with E-state index in [-0.39, 0.29) is 5.56 Å². The average molecular weight is 228 g/mol. The normalized spacial score (nSPS) is 10.8. The number of pyridine rings is 1. The standard InChI is InChI=1S/C10H8N6O/c11-8-7-10(13-4-12-8)16-9(15-7)5-2-1-3-6(17)14-5/h1-4H,(H,14,17)(H3,11,12,13,15,16). The van der Waals surface area contributed by atoms with Crippen LogP contribution in [0.15, 0.2) is 29.3 Å². The van der Waals surface area contributed by atoms with E-state index in [2.05, 4.69) is 24.9 Å². The highest BCUT2D eigenvalue weighted by molar-refractivity contribution is 5.83. The topological polar surface area (TPSA) is 113 Å². The Morgan fingerprint density at radius 2 is 2.06 bits per heavy atom. The van der Waals surface area contributed by atoms with Gasteiger partial charge in [-0.3, -0.25) is 4.79 Å². The Hall–Kier alpha value is -2.70. The van der Waals surface area contributed by atoms with Crippen LogP contribution in [0.1, 0.15) is 0 Å². The molecule has 3 rings (SSSR count). The summed E-state index contributed by atoms with van der Waals surface area (Å²) < 4.78 is 0. The average Bonchev–Trinajstić information content (AvgIpc) is 2.74. The fourth-order valence-corrected chi connectivity index (χ4v) is 1.56. The van der Waals surface area contributed by atoms with Crippen molar-refractivity contribution in [3.63, 3.8) is 0 Å². The van der Waals surface area contributed by atoms with E-state index in [9.17, 15) is 4.79 Å². The van der Waals surface area contributed by atoms with E-state index in [0.717, 1.165) is 0 Å². The van der Waals surface area contributed by atoms with Crippen molar-refractivity contribution in [1.29, 1.82) is 0 Å². The lowest BCUT2D eigenvalue weighted by molar-refractivity contribution is 1.18. The minimum Gasteiger partial charge on any atom is -0.382 e. The van der Waals surface area contributed by atoms with Gasteiger partial charge < -0.3 is 15.7 Å². The van der Waals surface area contributed by atoms with Crippen LogP contribution in [-0.2, 0) is 0 Å². The van der Waals surface area contributed by atoms with Gasteiger partial charge >= 0.3 is 0 Å². The van der Waals surface area contributed by atoms with Gasteiger partial charge in [-0.25, -0.2) is 15.0 Å². The fraction of sp³-hybridized carbons (Fsp3) is 0. The summed E-state index contributed by atoms with van der Waals surface area (Å²) in [6.45, 7) is 0. The molecular formula is C10H8N6O. The van der Waals surface area contributed by atoms with Gasteiger partial charge in [0.2, 0.25) is 5.56 Å². The zero-order valence-electron chi connectivity index (χ0n) is 8.64. The molecule has 4 N–H and O–H groups in total. The molecule has 3 aromatic rings. The Labute approximate surface area is 94.8 Å². The van der Waals surface area contributed by atoms with E-state index >= 15 is 0 Å². The third kappa shape index (κ3) is 1.53. The number of nitrogens with one attached hydrogen (secondary N) is 2. The Balaban J connectivity index is 2.25. The van der Waals surface area contributed by atoms with Crippen LogP contribution < -0.4 is 11.3 Å². The molecule has 84 valence electrons. The maximum Gasteiger partial charge on any atom is 0.248 e. The second-order valence-corrected chi connectivity index (χ2v) is 3.47. The van der Waals surface area contributed by atoms with E-state index in [1.165, 1.54) is 12.4 Å². The molecule has 0 aliphatic rings. The first-order valence-corrected chi connectivity index (χ1v) is 4.90. The van der Waals surface area contributed by atoms with Crippen LogP contribution in [0.2, 0.25) is 0 Å². The van der Waals surface area contributed by atoms with E-state index in [1.807, 2.05) is 0 Å². The summed E-state index contributed by atoms with van der Waals surface area (Å²) in [5.74, 6) is 0.830. The number of hydrogen-bond acceptors (Lipinski definition) is 5. The molecule has 0 aliphatic carbocycles. The van der Waals surface area contributed by atoms with Crippen molar-refractivity contribution in [3.8, 4) is 11.5 Å². The molecule has 0 aliphatic heterocycles. The van der Waals surface area contributed by atoms with E-state index in [4.69, 9.17) is 5.73 Å². The van der Waals surface area contributed by atoms with Gasteiger partial charge in [-0.1, -0.05) is 6.07 Å². The van der Waals surface area contributed by atoms with E-state index in [1.54, 1.807) is 12.1 Å². The number of hydrogen-bond donors (Lipinski definition) is 3. The maximum atomic E-state index is 11.2. The van der Waals surface area contributed by atoms with Crippen LogP contribution >= 0.6 is 0 Å². The van der Waals surface area contributed by atoms with Crippen molar-refractivity contribution >= 4 is 17.0 Å². The van der Waals surface area contributed by atoms with E-state index < -0.39 is 0 Å². The van der Waals surface area contributed by atoms with Crippen molar-refractivity contribution in [2.24, 2.45) is 0 Å². The Morgan fingerprint density at radius 3 is 2.82 bits per heavy atom. The quantitative estimate of drug-likeness (QED) is 0.554. The predicted octanol–water partition coefficient (Wildman–Crippen LogP) is 0.290. The molecule has 0 saturated carbocycles. The van der Waals surface area contributed by atoms with Crippen LogP contribution in [0.5, 0.6) is 0 Å². The minimum absolute atomic E-state index is 0.193. The van der Waals surface area contributed by atoms with Crippen molar-refractivity contribution in [2.45, 2.75) is 0 Å². The maximum absolute atomic E-state index is 11.2. The lowest BCUT2D eigenvalue weighted by atomic mass is 10.3. The van der Waals surface area contributed by atoms with Crippen molar-refractivity contribution in [3.05, 3.63) is 34.9 Å². The lowest BCUT2D eigenvalue weighted by Crippen LogP contribution is -2.03. The highest BCUT2D eigenvalue weighted by atomic mass is 16.1. The first-order valence-electron chi connectivity index (χ1n) is 4.90. The van der Waals surface area contributed by atoms with Gasteiger partial charge in [0.05, 0.1) is 5.69 Å². The number of H-pyrrole nitrogens is 2. The van der Waals surface area contributed by atoms with Gasteiger partial charge in [0, 0.05) is 6.07 Å². The van der Waals surface area contributed by atoms with Gasteiger partial charge in [-0.05, 0) is 6.07 Å². The molecule has 3 aromatic heterocycles. The number of nitrogens with zero attached hydrogens (tertiary/aromatic N) is 3. The second kappa shape index (κ2) is 3.41. The molecule has 0 bridgehead atoms. The molecule has 0 fully saturated rings. The number of anilines is 1. The Kier molecular flexibility index (Phi) is 1.91. The van der Waals surface area contributed by atoms with Gasteiger partial charge in [0.25, 0.3) is 0 Å². The number of aromatic nitrogens is 5. The zero-order valence-corrected chi connectivity index (χ0v) is 8.64. The molecular weight excluding hydrogens is 220 g/mol. The van der Waals surface area contributed by atoms with Gasteiger partial charge in [-0.2, -0.15) is 0 Å². The molecule has 0 spiro atoms. The number of nitrogen functional groups attached to an aromatic ring is 1. The van der Waals surface area contributed by atoms with Gasteiger partial charge in [0.1, 0.15) is 11.8 Å². The van der Waals surface area contributed by atoms with Crippen molar-refractivity contribution in [1.82, 2.24) is 24.9 Å². The first kappa shape index (κ1) is 9.52. The number of rotatable bonds is 1. The summed E-state index contributed by atoms with van der Waals surface area (Å²) >= 11 is 0. The molecule has 17 heavy (non-hydrogen) atoms. The van der Waals surface area contributed by atoms with Gasteiger partial charge in [0.15, 0.2) is 17.3 Å². The van der Waals surface area contributed by atoms with Crippen LogP contribution in [-0.4, -0.2) is 24.9 Å². The summed E-state index contributed by atoms with van der Waals surface area (Å²) in [4.78, 5) is 28.9. The molecule has 0 radical (unpaired) electrons. The number of fused-ring (bicyclic) bond motifs is 1. The Bertz CT molecular complexity index is 744. The molecule has 0 atom stereocenters. The third-order valence-electron chi connectivity index (χ3n) is 2.34. The number of nitrogens with two attached hydrogens (primary N) is 1. The summed E-state index contributed by atoms with van der Waals surface area (Å²) in [5.41, 5.74) is 7.10. The van der Waals surface area contributed by atoms with E-state index in [0.29, 0.717) is 28.5 Å². The van der Waals surface area contributed by atoms with Crippen molar-refractivity contribution in [2.75, 3.05) is 5.73 Å². The largest absolute Gasteiger partial charge is 0.382 e. The fourth-order valence-electron chi connectivity index (χ4n) is 1.56. The summed E-state index contributed by atoms with van der Waals surface area (Å²) in [6.07, 6.45) is 1.34. The second-order valence-electron chi connectivity index (χ2n) is 3.47. The number of aromatic amines is 2. The highest BCUT2D eigenvalue weighted by Gasteiger charge is 2.09. The third-order valence-corrected chi connectivity index (χ3v) is 2.34. The molecule has 0 amide bonds. The summed E-state index contributed by atoms with van der Waals surface area (Å²) in [5, 5.41) is 0. The molecule has 0 aromatic carbocycles. The molecule has 7 heteroatoms. The van der Waals surface area contributed by atoms with Crippen molar-refractivity contribution < 1.29 is 0 Å². The summed E-state index contributed by atoms with van der Waals surface area (Å²) in [7, 11) is 0. The molecule has 7 nitrogen and oxygen atoms in total. The lowest BCUT2D eigenvalue weighted by Gasteiger charge is -1.94. The number of imidazole rings is 1. The Morgan fingerprint density at radius 1 is 1.18 bits per heavy atom. The summed E-state index contributed by atoms with van der Waals surface area (Å²) in [6, 6.07) is 4.82. The smallest absolute Gasteiger partial charge is 0.248 e. The molecule has 0 unspecified atom stereocenters. The molecule has 0 saturated heterocycles. The first-order chi connectivity index (χ1) is 8.24. The van der Waals surface area contributed by atoms with Crippen LogP contribution in [0, 0.1) is 0 Å². The minimum atomic E-state index is -0.193. The highest BCUT2D eigenvalue weighted by Crippen LogP contribution is 2.18. The SMILES string of the molecule is Nc1ncnc2nc(-c3cccc(=O)[nH]3)[nH]c12. The molecule has 3 heterocycles. The predicted molar refractivity (Wildman–Crippen MR) is 62.2 cm³/mol. The monoisotopic (exact) mass is 228 g/mol. The van der Waals surface area contributed by atoms with Crippen LogP contribution in [0.25, 0.3) is 22.7 Å². The van der Waals surface area contributed by atoms with Crippen LogP contribution in [0.4, 0.5) is 5.82 Å². The van der Waals surface area contributed by atoms with Gasteiger partial charge in [-0.15, -0.1) is 0 Å². The zero-order chi connectivity index (χ0) is 11.8.